The number of nitrogens with one attached hydrogen (secondary N) is 2. The van der Waals surface area contributed by atoms with Crippen LogP contribution in [0, 0.1) is 11.8 Å². The van der Waals surface area contributed by atoms with Crippen molar-refractivity contribution >= 4 is 17.8 Å². The fraction of sp³-hybridized carbons (Fsp3) is 0.812. The second-order valence-electron chi connectivity index (χ2n) is 6.79. The standard InChI is InChI=1S/C16H29N3O4/c1-10(2)13(17)14(21)18-9-12(20)19-16(15(22)23-4)7-5-11(3)6-8-16/h10-11,13H,5-9,17H2,1-4H3,(H,18,21)(H,19,20)/t11?,13-,16?/m0/s1. The normalized spacial score (nSPS) is 25.6. The summed E-state index contributed by atoms with van der Waals surface area (Å²) in [6.07, 6.45) is 2.79. The van der Waals surface area contributed by atoms with Crippen LogP contribution in [0.4, 0.5) is 0 Å². The maximum absolute atomic E-state index is 12.1. The minimum absolute atomic E-state index is 0.0145. The lowest BCUT2D eigenvalue weighted by atomic mass is 9.77. The van der Waals surface area contributed by atoms with Crippen molar-refractivity contribution in [3.05, 3.63) is 0 Å². The third-order valence-electron chi connectivity index (χ3n) is 4.53. The summed E-state index contributed by atoms with van der Waals surface area (Å²) in [5.41, 5.74) is 4.74. The van der Waals surface area contributed by atoms with Gasteiger partial charge in [-0.3, -0.25) is 9.59 Å². The van der Waals surface area contributed by atoms with E-state index in [1.54, 1.807) is 0 Å². The second-order valence-corrected chi connectivity index (χ2v) is 6.79. The zero-order valence-electron chi connectivity index (χ0n) is 14.5. The Morgan fingerprint density at radius 3 is 2.30 bits per heavy atom. The maximum Gasteiger partial charge on any atom is 0.331 e. The molecule has 1 fully saturated rings. The highest BCUT2D eigenvalue weighted by molar-refractivity contribution is 5.91. The van der Waals surface area contributed by atoms with Gasteiger partial charge in [0.25, 0.3) is 0 Å². The molecule has 2 amide bonds. The van der Waals surface area contributed by atoms with Crippen LogP contribution in [0.1, 0.15) is 46.5 Å². The number of carbonyl (C=O) groups is 3. The largest absolute Gasteiger partial charge is 0.467 e. The van der Waals surface area contributed by atoms with E-state index < -0.39 is 23.5 Å². The molecule has 7 nitrogen and oxygen atoms in total. The molecule has 0 spiro atoms. The quantitative estimate of drug-likeness (QED) is 0.609. The van der Waals surface area contributed by atoms with E-state index in [1.807, 2.05) is 13.8 Å². The molecule has 1 rings (SSSR count). The molecule has 0 unspecified atom stereocenters. The SMILES string of the molecule is COC(=O)C1(NC(=O)CNC(=O)[C@@H](N)C(C)C)CCC(C)CC1. The topological polar surface area (TPSA) is 111 Å². The number of esters is 1. The Bertz CT molecular complexity index is 443. The van der Waals surface area contributed by atoms with Crippen LogP contribution in [-0.4, -0.2) is 43.0 Å². The zero-order valence-corrected chi connectivity index (χ0v) is 14.5. The average Bonchev–Trinajstić information content (AvgIpc) is 2.53. The average molecular weight is 327 g/mol. The fourth-order valence-electron chi connectivity index (χ4n) is 2.73. The van der Waals surface area contributed by atoms with Gasteiger partial charge in [-0.1, -0.05) is 20.8 Å². The van der Waals surface area contributed by atoms with Crippen LogP contribution >= 0.6 is 0 Å². The molecule has 1 aliphatic rings. The molecule has 0 radical (unpaired) electrons. The minimum Gasteiger partial charge on any atom is -0.467 e. The molecule has 0 heterocycles. The summed E-state index contributed by atoms with van der Waals surface area (Å²) < 4.78 is 4.86. The Balaban J connectivity index is 2.61. The van der Waals surface area contributed by atoms with Crippen LogP contribution in [0.5, 0.6) is 0 Å². The van der Waals surface area contributed by atoms with E-state index in [2.05, 4.69) is 17.6 Å². The lowest BCUT2D eigenvalue weighted by molar-refractivity contribution is -0.153. The van der Waals surface area contributed by atoms with Crippen LogP contribution in [0.25, 0.3) is 0 Å². The van der Waals surface area contributed by atoms with E-state index >= 15 is 0 Å². The van der Waals surface area contributed by atoms with Gasteiger partial charge in [-0.25, -0.2) is 4.79 Å². The van der Waals surface area contributed by atoms with Crippen LogP contribution in [0.2, 0.25) is 0 Å². The number of hydrogen-bond donors (Lipinski definition) is 3. The molecule has 0 saturated heterocycles. The number of ether oxygens (including phenoxy) is 1. The van der Waals surface area contributed by atoms with Crippen LogP contribution in [0.15, 0.2) is 0 Å². The third kappa shape index (κ3) is 5.20. The second kappa shape index (κ2) is 8.29. The highest BCUT2D eigenvalue weighted by Gasteiger charge is 2.43. The van der Waals surface area contributed by atoms with Gasteiger partial charge in [0.15, 0.2) is 0 Å². The Kier molecular flexibility index (Phi) is 7.00. The Morgan fingerprint density at radius 2 is 1.83 bits per heavy atom. The third-order valence-corrected chi connectivity index (χ3v) is 4.53. The van der Waals surface area contributed by atoms with Crippen molar-refractivity contribution < 1.29 is 19.1 Å². The summed E-state index contributed by atoms with van der Waals surface area (Å²) in [6.45, 7) is 5.59. The van der Waals surface area contributed by atoms with Gasteiger partial charge in [-0.2, -0.15) is 0 Å². The molecule has 0 aromatic heterocycles. The molecule has 1 atom stereocenters. The number of amides is 2. The maximum atomic E-state index is 12.1. The van der Waals surface area contributed by atoms with Crippen molar-refractivity contribution in [3.63, 3.8) is 0 Å². The number of rotatable bonds is 6. The molecule has 0 aromatic rings. The molecule has 1 aliphatic carbocycles. The molecule has 7 heteroatoms. The molecular weight excluding hydrogens is 298 g/mol. The first-order valence-electron chi connectivity index (χ1n) is 8.14. The number of methoxy groups -OCH3 is 1. The highest BCUT2D eigenvalue weighted by atomic mass is 16.5. The summed E-state index contributed by atoms with van der Waals surface area (Å²) in [4.78, 5) is 36.0. The van der Waals surface area contributed by atoms with Gasteiger partial charge in [-0.15, -0.1) is 0 Å². The molecule has 23 heavy (non-hydrogen) atoms. The summed E-state index contributed by atoms with van der Waals surface area (Å²) >= 11 is 0. The lowest BCUT2D eigenvalue weighted by Gasteiger charge is -2.37. The molecule has 0 bridgehead atoms. The number of hydrogen-bond acceptors (Lipinski definition) is 5. The van der Waals surface area contributed by atoms with E-state index in [0.717, 1.165) is 12.8 Å². The molecule has 1 saturated carbocycles. The minimum atomic E-state index is -0.983. The highest BCUT2D eigenvalue weighted by Crippen LogP contribution is 2.32. The molecular formula is C16H29N3O4. The van der Waals surface area contributed by atoms with Gasteiger partial charge < -0.3 is 21.1 Å². The first-order valence-corrected chi connectivity index (χ1v) is 8.14. The van der Waals surface area contributed by atoms with Crippen molar-refractivity contribution in [1.29, 1.82) is 0 Å². The predicted octanol–water partition coefficient (Wildman–Crippen LogP) is 0.324. The van der Waals surface area contributed by atoms with Crippen LogP contribution in [0.3, 0.4) is 0 Å². The zero-order chi connectivity index (χ0) is 17.6. The van der Waals surface area contributed by atoms with Crippen LogP contribution < -0.4 is 16.4 Å². The Labute approximate surface area is 137 Å². The van der Waals surface area contributed by atoms with E-state index in [4.69, 9.17) is 10.5 Å². The first-order chi connectivity index (χ1) is 10.7. The molecule has 132 valence electrons. The Morgan fingerprint density at radius 1 is 1.26 bits per heavy atom. The van der Waals surface area contributed by atoms with Gasteiger partial charge in [0.2, 0.25) is 11.8 Å². The smallest absolute Gasteiger partial charge is 0.331 e. The number of carbonyl (C=O) groups excluding carboxylic acids is 3. The van der Waals surface area contributed by atoms with Gasteiger partial charge in [0.1, 0.15) is 5.54 Å². The van der Waals surface area contributed by atoms with Crippen molar-refractivity contribution in [2.24, 2.45) is 17.6 Å². The summed E-state index contributed by atoms with van der Waals surface area (Å²) in [5.74, 6) is -0.704. The lowest BCUT2D eigenvalue weighted by Crippen LogP contribution is -2.59. The predicted molar refractivity (Wildman–Crippen MR) is 86.3 cm³/mol. The van der Waals surface area contributed by atoms with E-state index in [9.17, 15) is 14.4 Å². The first kappa shape index (κ1) is 19.4. The van der Waals surface area contributed by atoms with Gasteiger partial charge in [-0.05, 0) is 37.5 Å². The molecule has 0 aromatic carbocycles. The number of nitrogens with two attached hydrogens (primary N) is 1. The molecule has 0 aliphatic heterocycles. The van der Waals surface area contributed by atoms with Crippen LogP contribution in [-0.2, 0) is 19.1 Å². The van der Waals surface area contributed by atoms with E-state index in [1.165, 1.54) is 7.11 Å². The van der Waals surface area contributed by atoms with E-state index in [0.29, 0.717) is 18.8 Å². The summed E-state index contributed by atoms with van der Waals surface area (Å²) in [7, 11) is 1.32. The Hall–Kier alpha value is -1.63. The summed E-state index contributed by atoms with van der Waals surface area (Å²) in [5, 5.41) is 5.27. The van der Waals surface area contributed by atoms with Crippen molar-refractivity contribution in [1.82, 2.24) is 10.6 Å². The molecule has 4 N–H and O–H groups in total. The van der Waals surface area contributed by atoms with Gasteiger partial charge in [0.05, 0.1) is 19.7 Å². The van der Waals surface area contributed by atoms with E-state index in [-0.39, 0.29) is 18.4 Å². The monoisotopic (exact) mass is 327 g/mol. The van der Waals surface area contributed by atoms with Crippen molar-refractivity contribution in [2.75, 3.05) is 13.7 Å². The fourth-order valence-corrected chi connectivity index (χ4v) is 2.73. The van der Waals surface area contributed by atoms with Gasteiger partial charge in [0, 0.05) is 0 Å². The van der Waals surface area contributed by atoms with Gasteiger partial charge >= 0.3 is 5.97 Å². The van der Waals surface area contributed by atoms with Crippen molar-refractivity contribution in [3.8, 4) is 0 Å². The van der Waals surface area contributed by atoms with Crippen molar-refractivity contribution in [2.45, 2.75) is 58.0 Å². The summed E-state index contributed by atoms with van der Waals surface area (Å²) in [6, 6.07) is -0.659.